The van der Waals surface area contributed by atoms with E-state index in [1.165, 1.54) is 40.9 Å². The number of carbonyl (C=O) groups excluding carboxylic acids is 1. The predicted molar refractivity (Wildman–Crippen MR) is 112 cm³/mol. The van der Waals surface area contributed by atoms with Crippen LogP contribution in [0.1, 0.15) is 0 Å². The van der Waals surface area contributed by atoms with Crippen LogP contribution in [0.15, 0.2) is 45.2 Å². The zero-order chi connectivity index (χ0) is 21.4. The molecule has 156 valence electrons. The largest absolute Gasteiger partial charge is 0.383 e. The second kappa shape index (κ2) is 7.84. The molecule has 3 heterocycles. The van der Waals surface area contributed by atoms with E-state index in [1.807, 2.05) is 28.8 Å². The van der Waals surface area contributed by atoms with E-state index in [9.17, 15) is 14.4 Å². The number of rotatable bonds is 5. The Bertz CT molecular complexity index is 1450. The Labute approximate surface area is 173 Å². The molecule has 0 fully saturated rings. The van der Waals surface area contributed by atoms with Crippen molar-refractivity contribution >= 4 is 38.6 Å². The first-order chi connectivity index (χ1) is 14.4. The number of para-hydroxylation sites is 1. The van der Waals surface area contributed by atoms with Crippen molar-refractivity contribution in [1.82, 2.24) is 23.3 Å². The average molecular weight is 428 g/mol. The van der Waals surface area contributed by atoms with Crippen LogP contribution in [0.4, 0.5) is 0 Å². The summed E-state index contributed by atoms with van der Waals surface area (Å²) >= 11 is 1.41. The molecule has 0 N–H and O–H groups in total. The molecule has 1 aromatic carbocycles. The zero-order valence-corrected chi connectivity index (χ0v) is 17.5. The number of aromatic nitrogens is 5. The number of amides is 1. The number of fused-ring (bicyclic) bond motifs is 2. The average Bonchev–Trinajstić information content (AvgIpc) is 3.30. The molecular weight excluding hydrogens is 408 g/mol. The van der Waals surface area contributed by atoms with E-state index < -0.39 is 17.2 Å². The molecule has 0 saturated heterocycles. The molecule has 0 bridgehead atoms. The molecule has 4 aromatic rings. The molecule has 0 radical (unpaired) electrons. The third kappa shape index (κ3) is 3.31. The van der Waals surface area contributed by atoms with Crippen LogP contribution < -0.4 is 16.1 Å². The Morgan fingerprint density at radius 2 is 1.97 bits per heavy atom. The standard InChI is InChI=1S/C19H20N6O4S/c1-22-16-15(17(27)23(2)19(22)28)24(11-20-16)10-14(26)21-18-25(8-9-29-3)12-6-4-5-7-13(12)30-18/h4-7,11H,8-10H2,1-3H3. The number of carbonyl (C=O) groups is 1. The number of hydrogen-bond donors (Lipinski definition) is 0. The van der Waals surface area contributed by atoms with Gasteiger partial charge in [-0.2, -0.15) is 4.99 Å². The quantitative estimate of drug-likeness (QED) is 0.452. The molecular formula is C19H20N6O4S. The van der Waals surface area contributed by atoms with Gasteiger partial charge in [0.15, 0.2) is 16.0 Å². The monoisotopic (exact) mass is 428 g/mol. The summed E-state index contributed by atoms with van der Waals surface area (Å²) in [5.41, 5.74) is 0.413. The SMILES string of the molecule is COCCn1c(=NC(=O)Cn2cnc3c2c(=O)n(C)c(=O)n3C)sc2ccccc21. The molecule has 30 heavy (non-hydrogen) atoms. The first-order valence-corrected chi connectivity index (χ1v) is 9.99. The van der Waals surface area contributed by atoms with Crippen molar-refractivity contribution in [3.8, 4) is 0 Å². The first kappa shape index (κ1) is 20.0. The molecule has 0 saturated carbocycles. The van der Waals surface area contributed by atoms with Gasteiger partial charge >= 0.3 is 5.69 Å². The van der Waals surface area contributed by atoms with Gasteiger partial charge in [-0.3, -0.25) is 18.7 Å². The fourth-order valence-electron chi connectivity index (χ4n) is 3.31. The number of hydrogen-bond acceptors (Lipinski definition) is 6. The van der Waals surface area contributed by atoms with Crippen molar-refractivity contribution in [3.63, 3.8) is 0 Å². The maximum absolute atomic E-state index is 12.7. The van der Waals surface area contributed by atoms with Gasteiger partial charge in [-0.05, 0) is 12.1 Å². The van der Waals surface area contributed by atoms with Crippen LogP contribution in [0.5, 0.6) is 0 Å². The van der Waals surface area contributed by atoms with Crippen molar-refractivity contribution in [2.45, 2.75) is 13.1 Å². The van der Waals surface area contributed by atoms with Crippen LogP contribution in [0.3, 0.4) is 0 Å². The van der Waals surface area contributed by atoms with Gasteiger partial charge in [0.2, 0.25) is 0 Å². The van der Waals surface area contributed by atoms with E-state index in [0.29, 0.717) is 18.0 Å². The molecule has 11 heteroatoms. The number of ether oxygens (including phenoxy) is 1. The summed E-state index contributed by atoms with van der Waals surface area (Å²) in [6.45, 7) is 0.879. The highest BCUT2D eigenvalue weighted by Gasteiger charge is 2.16. The Kier molecular flexibility index (Phi) is 5.22. The van der Waals surface area contributed by atoms with Gasteiger partial charge in [0.05, 0.1) is 23.2 Å². The lowest BCUT2D eigenvalue weighted by Gasteiger charge is -2.05. The highest BCUT2D eigenvalue weighted by atomic mass is 32.1. The van der Waals surface area contributed by atoms with Crippen molar-refractivity contribution < 1.29 is 9.53 Å². The molecule has 4 rings (SSSR count). The minimum Gasteiger partial charge on any atom is -0.383 e. The molecule has 0 aliphatic carbocycles. The number of aryl methyl sites for hydroxylation is 1. The summed E-state index contributed by atoms with van der Waals surface area (Å²) in [6, 6.07) is 7.81. The Morgan fingerprint density at radius 1 is 1.20 bits per heavy atom. The third-order valence-electron chi connectivity index (χ3n) is 4.85. The lowest BCUT2D eigenvalue weighted by atomic mass is 10.3. The van der Waals surface area contributed by atoms with Gasteiger partial charge in [-0.25, -0.2) is 9.78 Å². The minimum absolute atomic E-state index is 0.164. The van der Waals surface area contributed by atoms with Crippen molar-refractivity contribution in [3.05, 3.63) is 56.2 Å². The maximum Gasteiger partial charge on any atom is 0.332 e. The molecule has 0 unspecified atom stereocenters. The summed E-state index contributed by atoms with van der Waals surface area (Å²) in [7, 11) is 4.54. The molecule has 1 amide bonds. The summed E-state index contributed by atoms with van der Waals surface area (Å²) in [5, 5.41) is 0. The Morgan fingerprint density at radius 3 is 2.73 bits per heavy atom. The topological polar surface area (TPSA) is 105 Å². The number of nitrogens with zero attached hydrogens (tertiary/aromatic N) is 6. The lowest BCUT2D eigenvalue weighted by molar-refractivity contribution is -0.118. The van der Waals surface area contributed by atoms with E-state index in [4.69, 9.17) is 4.74 Å². The van der Waals surface area contributed by atoms with Crippen LogP contribution >= 0.6 is 11.3 Å². The molecule has 0 spiro atoms. The number of benzene rings is 1. The lowest BCUT2D eigenvalue weighted by Crippen LogP contribution is -2.37. The molecule has 0 atom stereocenters. The second-order valence-corrected chi connectivity index (χ2v) is 7.76. The summed E-state index contributed by atoms with van der Waals surface area (Å²) in [6.07, 6.45) is 1.38. The molecule has 3 aromatic heterocycles. The highest BCUT2D eigenvalue weighted by molar-refractivity contribution is 7.16. The molecule has 0 aliphatic rings. The zero-order valence-electron chi connectivity index (χ0n) is 16.7. The van der Waals surface area contributed by atoms with E-state index in [-0.39, 0.29) is 17.7 Å². The van der Waals surface area contributed by atoms with Crippen LogP contribution in [-0.4, -0.2) is 42.9 Å². The van der Waals surface area contributed by atoms with Crippen molar-refractivity contribution in [2.24, 2.45) is 19.1 Å². The van der Waals surface area contributed by atoms with E-state index >= 15 is 0 Å². The predicted octanol–water partition coefficient (Wildman–Crippen LogP) is 0.224. The van der Waals surface area contributed by atoms with Crippen molar-refractivity contribution in [2.75, 3.05) is 13.7 Å². The number of imidazole rings is 1. The summed E-state index contributed by atoms with van der Waals surface area (Å²) in [4.78, 5) is 46.3. The minimum atomic E-state index is -0.504. The summed E-state index contributed by atoms with van der Waals surface area (Å²) in [5.74, 6) is -0.428. The van der Waals surface area contributed by atoms with Crippen molar-refractivity contribution in [1.29, 1.82) is 0 Å². The second-order valence-electron chi connectivity index (χ2n) is 6.75. The van der Waals surface area contributed by atoms with E-state index in [1.54, 1.807) is 7.11 Å². The highest BCUT2D eigenvalue weighted by Crippen LogP contribution is 2.16. The first-order valence-electron chi connectivity index (χ1n) is 9.18. The third-order valence-corrected chi connectivity index (χ3v) is 5.91. The van der Waals surface area contributed by atoms with E-state index in [2.05, 4.69) is 9.98 Å². The van der Waals surface area contributed by atoms with Crippen LogP contribution in [-0.2, 0) is 36.7 Å². The number of thiazole rings is 1. The number of methoxy groups -OCH3 is 1. The normalized spacial score (nSPS) is 12.3. The van der Waals surface area contributed by atoms with Gasteiger partial charge in [0.1, 0.15) is 6.54 Å². The van der Waals surface area contributed by atoms with Gasteiger partial charge in [0, 0.05) is 27.7 Å². The smallest absolute Gasteiger partial charge is 0.332 e. The van der Waals surface area contributed by atoms with Gasteiger partial charge < -0.3 is 13.9 Å². The van der Waals surface area contributed by atoms with E-state index in [0.717, 1.165) is 14.8 Å². The van der Waals surface area contributed by atoms with Crippen LogP contribution in [0, 0.1) is 0 Å². The molecule has 0 aliphatic heterocycles. The molecule has 10 nitrogen and oxygen atoms in total. The van der Waals surface area contributed by atoms with Gasteiger partial charge in [0.25, 0.3) is 11.5 Å². The Hall–Kier alpha value is -3.31. The van der Waals surface area contributed by atoms with Gasteiger partial charge in [-0.15, -0.1) is 0 Å². The fraction of sp³-hybridized carbons (Fsp3) is 0.316. The van der Waals surface area contributed by atoms with Gasteiger partial charge in [-0.1, -0.05) is 23.5 Å². The van der Waals surface area contributed by atoms with Crippen LogP contribution in [0.2, 0.25) is 0 Å². The fourth-order valence-corrected chi connectivity index (χ4v) is 4.38. The van der Waals surface area contributed by atoms with Crippen LogP contribution in [0.25, 0.3) is 21.4 Å². The Balaban J connectivity index is 1.77. The summed E-state index contributed by atoms with van der Waals surface area (Å²) < 4.78 is 11.8. The maximum atomic E-state index is 12.7.